The molecule has 0 saturated heterocycles. The van der Waals surface area contributed by atoms with Crippen LogP contribution in [-0.2, 0) is 0 Å². The summed E-state index contributed by atoms with van der Waals surface area (Å²) in [5, 5.41) is 22.2. The lowest BCUT2D eigenvalue weighted by atomic mass is 10.0. The van der Waals surface area contributed by atoms with Crippen molar-refractivity contribution in [3.8, 4) is 5.75 Å². The Bertz CT molecular complexity index is 421. The molecule has 2 unspecified atom stereocenters. The summed E-state index contributed by atoms with van der Waals surface area (Å²) in [6.45, 7) is -3.20. The topological polar surface area (TPSA) is 98.5 Å². The summed E-state index contributed by atoms with van der Waals surface area (Å²) in [6, 6.07) is 5.15. The molecule has 6 nitrogen and oxygen atoms in total. The van der Waals surface area contributed by atoms with Crippen LogP contribution in [0.25, 0.3) is 10.4 Å². The molecule has 0 spiro atoms. The van der Waals surface area contributed by atoms with E-state index in [0.717, 1.165) is 0 Å². The number of hydrogen-bond donors (Lipinski definition) is 2. The number of azide groups is 1. The molecule has 0 aromatic heterocycles. The number of alkyl halides is 2. The van der Waals surface area contributed by atoms with Crippen LogP contribution in [0.4, 0.5) is 8.78 Å². The maximum atomic E-state index is 11.9. The number of benzene rings is 1. The minimum absolute atomic E-state index is 0.0505. The van der Waals surface area contributed by atoms with Gasteiger partial charge in [-0.2, -0.15) is 8.78 Å². The van der Waals surface area contributed by atoms with Gasteiger partial charge in [0, 0.05) is 4.91 Å². The molecule has 2 atom stereocenters. The molecule has 0 fully saturated rings. The second-order valence-corrected chi connectivity index (χ2v) is 3.37. The summed E-state index contributed by atoms with van der Waals surface area (Å²) in [6.07, 6.45) is -2.53. The summed E-state index contributed by atoms with van der Waals surface area (Å²) in [5.41, 5.74) is 8.37. The molecule has 0 aliphatic carbocycles. The highest BCUT2D eigenvalue weighted by atomic mass is 19.3. The van der Waals surface area contributed by atoms with Crippen molar-refractivity contribution >= 4 is 0 Å². The zero-order valence-corrected chi connectivity index (χ0v) is 9.15. The van der Waals surface area contributed by atoms with Crippen molar-refractivity contribution in [1.82, 2.24) is 0 Å². The number of ether oxygens (including phenoxy) is 1. The number of rotatable bonds is 6. The van der Waals surface area contributed by atoms with Crippen LogP contribution >= 0.6 is 0 Å². The van der Waals surface area contributed by atoms with Gasteiger partial charge in [0.05, 0.1) is 12.6 Å². The van der Waals surface area contributed by atoms with E-state index in [2.05, 4.69) is 14.8 Å². The molecule has 0 amide bonds. The predicted octanol–water partition coefficient (Wildman–Crippen LogP) is 1.99. The molecule has 1 rings (SSSR count). The minimum Gasteiger partial charge on any atom is -0.435 e. The standard InChI is InChI=1S/C10H11F2N3O3/c11-10(12)18-7-3-1-6(2-4-7)9(17)8(16)5-14-15-13/h1-4,8-10,16-17H,5H2. The van der Waals surface area contributed by atoms with Gasteiger partial charge in [-0.3, -0.25) is 0 Å². The summed E-state index contributed by atoms with van der Waals surface area (Å²) < 4.78 is 27.9. The van der Waals surface area contributed by atoms with Crippen LogP contribution in [0.3, 0.4) is 0 Å². The van der Waals surface area contributed by atoms with Crippen molar-refractivity contribution in [3.05, 3.63) is 40.3 Å². The van der Waals surface area contributed by atoms with Crippen LogP contribution in [0.2, 0.25) is 0 Å². The molecule has 8 heteroatoms. The summed E-state index contributed by atoms with van der Waals surface area (Å²) in [7, 11) is 0. The van der Waals surface area contributed by atoms with E-state index in [0.29, 0.717) is 5.56 Å². The van der Waals surface area contributed by atoms with Gasteiger partial charge < -0.3 is 14.9 Å². The first kappa shape index (κ1) is 14.2. The van der Waals surface area contributed by atoms with Crippen molar-refractivity contribution in [1.29, 1.82) is 0 Å². The molecule has 0 heterocycles. The SMILES string of the molecule is [N-]=[N+]=NCC(O)C(O)c1ccc(OC(F)F)cc1. The second kappa shape index (κ2) is 6.75. The Morgan fingerprint density at radius 3 is 2.39 bits per heavy atom. The maximum Gasteiger partial charge on any atom is 0.387 e. The van der Waals surface area contributed by atoms with Gasteiger partial charge in [0.15, 0.2) is 0 Å². The van der Waals surface area contributed by atoms with Gasteiger partial charge in [-0.1, -0.05) is 17.2 Å². The average molecular weight is 259 g/mol. The van der Waals surface area contributed by atoms with Gasteiger partial charge in [0.25, 0.3) is 0 Å². The maximum absolute atomic E-state index is 11.9. The smallest absolute Gasteiger partial charge is 0.387 e. The normalized spacial score (nSPS) is 13.8. The van der Waals surface area contributed by atoms with Crippen LogP contribution in [0.1, 0.15) is 11.7 Å². The van der Waals surface area contributed by atoms with E-state index in [9.17, 15) is 19.0 Å². The quantitative estimate of drug-likeness (QED) is 0.464. The Labute approximate surface area is 101 Å². The fourth-order valence-electron chi connectivity index (χ4n) is 1.29. The highest BCUT2D eigenvalue weighted by Crippen LogP contribution is 2.21. The minimum atomic E-state index is -2.92. The molecule has 18 heavy (non-hydrogen) atoms. The molecule has 2 N–H and O–H groups in total. The van der Waals surface area contributed by atoms with Crippen LogP contribution in [0.15, 0.2) is 29.4 Å². The van der Waals surface area contributed by atoms with Crippen LogP contribution < -0.4 is 4.74 Å². The Morgan fingerprint density at radius 2 is 1.89 bits per heavy atom. The second-order valence-electron chi connectivity index (χ2n) is 3.37. The monoisotopic (exact) mass is 259 g/mol. The zero-order valence-electron chi connectivity index (χ0n) is 9.15. The largest absolute Gasteiger partial charge is 0.435 e. The molecule has 98 valence electrons. The summed E-state index contributed by atoms with van der Waals surface area (Å²) in [4.78, 5) is 2.45. The van der Waals surface area contributed by atoms with E-state index >= 15 is 0 Å². The fourth-order valence-corrected chi connectivity index (χ4v) is 1.29. The van der Waals surface area contributed by atoms with Crippen molar-refractivity contribution in [2.24, 2.45) is 5.11 Å². The van der Waals surface area contributed by atoms with E-state index in [-0.39, 0.29) is 12.3 Å². The Kier molecular flexibility index (Phi) is 5.31. The first-order valence-electron chi connectivity index (χ1n) is 4.96. The van der Waals surface area contributed by atoms with E-state index in [1.165, 1.54) is 24.3 Å². The molecule has 0 aliphatic rings. The molecule has 0 bridgehead atoms. The third-order valence-electron chi connectivity index (χ3n) is 2.14. The number of aliphatic hydroxyl groups is 2. The van der Waals surface area contributed by atoms with Crippen molar-refractivity contribution in [2.75, 3.05) is 6.54 Å². The molecule has 1 aromatic carbocycles. The lowest BCUT2D eigenvalue weighted by molar-refractivity contribution is -0.0499. The van der Waals surface area contributed by atoms with Crippen molar-refractivity contribution in [3.63, 3.8) is 0 Å². The van der Waals surface area contributed by atoms with Crippen molar-refractivity contribution in [2.45, 2.75) is 18.8 Å². The molecule has 0 aliphatic heterocycles. The highest BCUT2D eigenvalue weighted by Gasteiger charge is 2.17. The molecule has 1 aromatic rings. The summed E-state index contributed by atoms with van der Waals surface area (Å²) >= 11 is 0. The molecular weight excluding hydrogens is 248 g/mol. The number of hydrogen-bond acceptors (Lipinski definition) is 4. The molecular formula is C10H11F2N3O3. The third-order valence-corrected chi connectivity index (χ3v) is 2.14. The lowest BCUT2D eigenvalue weighted by Gasteiger charge is -2.16. The molecule has 0 radical (unpaired) electrons. The van der Waals surface area contributed by atoms with Crippen LogP contribution in [-0.4, -0.2) is 29.5 Å². The highest BCUT2D eigenvalue weighted by molar-refractivity contribution is 5.29. The number of halogens is 2. The summed E-state index contributed by atoms with van der Waals surface area (Å²) in [5.74, 6) is -0.0505. The molecule has 0 saturated carbocycles. The first-order valence-corrected chi connectivity index (χ1v) is 4.96. The van der Waals surface area contributed by atoms with Gasteiger partial charge in [-0.05, 0) is 23.2 Å². The Balaban J connectivity index is 2.68. The Morgan fingerprint density at radius 1 is 1.28 bits per heavy atom. The number of nitrogens with zero attached hydrogens (tertiary/aromatic N) is 3. The van der Waals surface area contributed by atoms with Crippen LogP contribution in [0, 0.1) is 0 Å². The van der Waals surface area contributed by atoms with E-state index in [1.807, 2.05) is 0 Å². The van der Waals surface area contributed by atoms with Gasteiger partial charge >= 0.3 is 6.61 Å². The number of aliphatic hydroxyl groups excluding tert-OH is 2. The van der Waals surface area contributed by atoms with Crippen molar-refractivity contribution < 1.29 is 23.7 Å². The Hall–Kier alpha value is -1.89. The van der Waals surface area contributed by atoms with Gasteiger partial charge in [-0.25, -0.2) is 0 Å². The third kappa shape index (κ3) is 4.17. The van der Waals surface area contributed by atoms with Gasteiger partial charge in [0.2, 0.25) is 0 Å². The lowest BCUT2D eigenvalue weighted by Crippen LogP contribution is -2.21. The first-order chi connectivity index (χ1) is 8.54. The van der Waals surface area contributed by atoms with Crippen LogP contribution in [0.5, 0.6) is 5.75 Å². The predicted molar refractivity (Wildman–Crippen MR) is 58.1 cm³/mol. The fraction of sp³-hybridized carbons (Fsp3) is 0.400. The van der Waals surface area contributed by atoms with Gasteiger partial charge in [0.1, 0.15) is 11.9 Å². The van der Waals surface area contributed by atoms with Gasteiger partial charge in [-0.15, -0.1) is 0 Å². The zero-order chi connectivity index (χ0) is 13.5. The van der Waals surface area contributed by atoms with E-state index in [1.54, 1.807) is 0 Å². The van der Waals surface area contributed by atoms with E-state index in [4.69, 9.17) is 5.53 Å². The average Bonchev–Trinajstić information content (AvgIpc) is 2.35. The van der Waals surface area contributed by atoms with E-state index < -0.39 is 18.8 Å².